The number of carbonyl (C=O) groups is 1. The highest BCUT2D eigenvalue weighted by atomic mass is 16.1. The van der Waals surface area contributed by atoms with E-state index in [1.807, 2.05) is 12.1 Å². The van der Waals surface area contributed by atoms with Crippen molar-refractivity contribution in [1.82, 2.24) is 25.5 Å². The molecule has 0 aliphatic heterocycles. The first kappa shape index (κ1) is 11.8. The lowest BCUT2D eigenvalue weighted by molar-refractivity contribution is 0.0936. The molecule has 3 rings (SSSR count). The van der Waals surface area contributed by atoms with E-state index in [0.717, 1.165) is 5.69 Å². The summed E-state index contributed by atoms with van der Waals surface area (Å²) < 4.78 is 1.55. The number of aromatic nitrogens is 4. The second-order valence-electron chi connectivity index (χ2n) is 4.90. The van der Waals surface area contributed by atoms with Crippen molar-refractivity contribution in [3.63, 3.8) is 0 Å². The van der Waals surface area contributed by atoms with Crippen LogP contribution in [0.3, 0.4) is 0 Å². The largest absolute Gasteiger partial charge is 0.349 e. The number of nitrogens with one attached hydrogen (secondary N) is 1. The number of amides is 1. The van der Waals surface area contributed by atoms with Crippen LogP contribution in [0.5, 0.6) is 0 Å². The van der Waals surface area contributed by atoms with Crippen molar-refractivity contribution in [2.75, 3.05) is 0 Å². The van der Waals surface area contributed by atoms with Gasteiger partial charge in [-0.05, 0) is 60.4 Å². The van der Waals surface area contributed by atoms with E-state index in [1.165, 1.54) is 19.2 Å². The van der Waals surface area contributed by atoms with E-state index in [-0.39, 0.29) is 11.9 Å². The molecule has 1 N–H and O–H groups in total. The van der Waals surface area contributed by atoms with Crippen LogP contribution in [0.15, 0.2) is 30.6 Å². The fourth-order valence-corrected chi connectivity index (χ4v) is 2.05. The van der Waals surface area contributed by atoms with Gasteiger partial charge in [-0.15, -0.1) is 5.10 Å². The SMILES string of the molecule is C[C@@H](NC(=O)c1ccc(-n2cnnn2)cc1)C1CC1. The van der Waals surface area contributed by atoms with Gasteiger partial charge < -0.3 is 5.32 Å². The normalized spacial score (nSPS) is 16.1. The zero-order chi connectivity index (χ0) is 13.2. The maximum atomic E-state index is 12.0. The van der Waals surface area contributed by atoms with E-state index in [1.54, 1.807) is 16.8 Å². The Kier molecular flexibility index (Phi) is 2.98. The summed E-state index contributed by atoms with van der Waals surface area (Å²) in [5.74, 6) is 0.632. The summed E-state index contributed by atoms with van der Waals surface area (Å²) in [4.78, 5) is 12.0. The summed E-state index contributed by atoms with van der Waals surface area (Å²) in [6, 6.07) is 7.48. The van der Waals surface area contributed by atoms with Crippen molar-refractivity contribution >= 4 is 5.91 Å². The smallest absolute Gasteiger partial charge is 0.251 e. The highest BCUT2D eigenvalue weighted by Gasteiger charge is 2.28. The maximum absolute atomic E-state index is 12.0. The Morgan fingerprint density at radius 3 is 2.68 bits per heavy atom. The average molecular weight is 257 g/mol. The molecule has 98 valence electrons. The maximum Gasteiger partial charge on any atom is 0.251 e. The molecule has 1 saturated carbocycles. The lowest BCUT2D eigenvalue weighted by atomic mass is 10.1. The van der Waals surface area contributed by atoms with E-state index < -0.39 is 0 Å². The van der Waals surface area contributed by atoms with Crippen molar-refractivity contribution in [2.24, 2.45) is 5.92 Å². The summed E-state index contributed by atoms with van der Waals surface area (Å²) in [5, 5.41) is 14.0. The number of hydrogen-bond acceptors (Lipinski definition) is 4. The van der Waals surface area contributed by atoms with Crippen LogP contribution in [0, 0.1) is 5.92 Å². The lowest BCUT2D eigenvalue weighted by Crippen LogP contribution is -2.33. The van der Waals surface area contributed by atoms with Crippen LogP contribution in [-0.4, -0.2) is 32.2 Å². The van der Waals surface area contributed by atoms with Gasteiger partial charge in [-0.1, -0.05) is 0 Å². The van der Waals surface area contributed by atoms with Crippen molar-refractivity contribution in [2.45, 2.75) is 25.8 Å². The average Bonchev–Trinajstić information content (AvgIpc) is 3.14. The quantitative estimate of drug-likeness (QED) is 0.893. The van der Waals surface area contributed by atoms with E-state index in [4.69, 9.17) is 0 Å². The van der Waals surface area contributed by atoms with Gasteiger partial charge in [0.1, 0.15) is 6.33 Å². The monoisotopic (exact) mass is 257 g/mol. The first-order valence-corrected chi connectivity index (χ1v) is 6.38. The van der Waals surface area contributed by atoms with Crippen molar-refractivity contribution in [3.8, 4) is 5.69 Å². The molecule has 6 nitrogen and oxygen atoms in total. The molecular weight excluding hydrogens is 242 g/mol. The predicted molar refractivity (Wildman–Crippen MR) is 68.8 cm³/mol. The van der Waals surface area contributed by atoms with Crippen molar-refractivity contribution < 1.29 is 4.79 Å². The fourth-order valence-electron chi connectivity index (χ4n) is 2.05. The third-order valence-electron chi connectivity index (χ3n) is 3.43. The molecule has 1 amide bonds. The van der Waals surface area contributed by atoms with E-state index in [0.29, 0.717) is 11.5 Å². The van der Waals surface area contributed by atoms with Gasteiger partial charge in [0.15, 0.2) is 0 Å². The first-order valence-electron chi connectivity index (χ1n) is 6.38. The minimum absolute atomic E-state index is 0.0253. The van der Waals surface area contributed by atoms with Crippen LogP contribution in [0.4, 0.5) is 0 Å². The topological polar surface area (TPSA) is 72.7 Å². The van der Waals surface area contributed by atoms with E-state index in [9.17, 15) is 4.79 Å². The number of carbonyl (C=O) groups excluding carboxylic acids is 1. The molecule has 0 bridgehead atoms. The standard InChI is InChI=1S/C13H15N5O/c1-9(10-2-3-10)15-13(19)11-4-6-12(7-5-11)18-8-14-16-17-18/h4-10H,2-3H2,1H3,(H,15,19)/t9-/m1/s1. The molecule has 1 fully saturated rings. The van der Waals surface area contributed by atoms with Crippen LogP contribution in [-0.2, 0) is 0 Å². The molecule has 1 aliphatic rings. The van der Waals surface area contributed by atoms with Gasteiger partial charge in [0.05, 0.1) is 5.69 Å². The zero-order valence-corrected chi connectivity index (χ0v) is 10.7. The van der Waals surface area contributed by atoms with Crippen LogP contribution in [0.25, 0.3) is 5.69 Å². The third-order valence-corrected chi connectivity index (χ3v) is 3.43. The van der Waals surface area contributed by atoms with E-state index in [2.05, 4.69) is 27.8 Å². The van der Waals surface area contributed by atoms with Crippen LogP contribution < -0.4 is 5.32 Å². The molecule has 1 aliphatic carbocycles. The molecule has 0 radical (unpaired) electrons. The van der Waals surface area contributed by atoms with Crippen LogP contribution in [0.2, 0.25) is 0 Å². The molecule has 6 heteroatoms. The third kappa shape index (κ3) is 2.62. The number of nitrogens with zero attached hydrogens (tertiary/aromatic N) is 4. The fraction of sp³-hybridized carbons (Fsp3) is 0.385. The van der Waals surface area contributed by atoms with Gasteiger partial charge in [-0.25, -0.2) is 4.68 Å². The second kappa shape index (κ2) is 4.79. The Morgan fingerprint density at radius 1 is 1.37 bits per heavy atom. The zero-order valence-electron chi connectivity index (χ0n) is 10.7. The highest BCUT2D eigenvalue weighted by molar-refractivity contribution is 5.94. The molecule has 1 atom stereocenters. The van der Waals surface area contributed by atoms with Crippen molar-refractivity contribution in [3.05, 3.63) is 36.2 Å². The molecule has 2 aromatic rings. The van der Waals surface area contributed by atoms with E-state index >= 15 is 0 Å². The molecule has 1 aromatic carbocycles. The Labute approximate surface area is 110 Å². The molecule has 0 saturated heterocycles. The van der Waals surface area contributed by atoms with Crippen LogP contribution in [0.1, 0.15) is 30.1 Å². The summed E-state index contributed by atoms with van der Waals surface area (Å²) >= 11 is 0. The highest BCUT2D eigenvalue weighted by Crippen LogP contribution is 2.32. The van der Waals surface area contributed by atoms with Gasteiger partial charge in [0, 0.05) is 11.6 Å². The Hall–Kier alpha value is -2.24. The van der Waals surface area contributed by atoms with Gasteiger partial charge in [0.2, 0.25) is 0 Å². The number of benzene rings is 1. The van der Waals surface area contributed by atoms with Crippen LogP contribution >= 0.6 is 0 Å². The number of rotatable bonds is 4. The summed E-state index contributed by atoms with van der Waals surface area (Å²) in [6.45, 7) is 2.06. The molecule has 0 spiro atoms. The Morgan fingerprint density at radius 2 is 2.11 bits per heavy atom. The minimum Gasteiger partial charge on any atom is -0.349 e. The predicted octanol–water partition coefficient (Wildman–Crippen LogP) is 1.19. The summed E-state index contributed by atoms with van der Waals surface area (Å²) in [7, 11) is 0. The number of hydrogen-bond donors (Lipinski definition) is 1. The van der Waals surface area contributed by atoms with Gasteiger partial charge in [-0.2, -0.15) is 0 Å². The Bertz CT molecular complexity index is 559. The second-order valence-corrected chi connectivity index (χ2v) is 4.90. The minimum atomic E-state index is -0.0253. The molecular formula is C13H15N5O. The first-order chi connectivity index (χ1) is 9.24. The summed E-state index contributed by atoms with van der Waals surface area (Å²) in [5.41, 5.74) is 1.49. The summed E-state index contributed by atoms with van der Waals surface area (Å²) in [6.07, 6.45) is 3.96. The molecule has 19 heavy (non-hydrogen) atoms. The lowest BCUT2D eigenvalue weighted by Gasteiger charge is -2.12. The molecule has 0 unspecified atom stereocenters. The number of tetrazole rings is 1. The van der Waals surface area contributed by atoms with Gasteiger partial charge in [0.25, 0.3) is 5.91 Å². The molecule has 1 heterocycles. The molecule has 1 aromatic heterocycles. The Balaban J connectivity index is 1.69. The van der Waals surface area contributed by atoms with Gasteiger partial charge in [-0.3, -0.25) is 4.79 Å². The van der Waals surface area contributed by atoms with Crippen molar-refractivity contribution in [1.29, 1.82) is 0 Å². The van der Waals surface area contributed by atoms with Gasteiger partial charge >= 0.3 is 0 Å².